The molecule has 2 atom stereocenters. The number of amides is 2. The van der Waals surface area contributed by atoms with Crippen LogP contribution < -0.4 is 10.6 Å². The Morgan fingerprint density at radius 1 is 1.06 bits per heavy atom. The van der Waals surface area contributed by atoms with Gasteiger partial charge in [0.1, 0.15) is 17.8 Å². The minimum absolute atomic E-state index is 0.0507. The molecule has 1 heterocycles. The Kier molecular flexibility index (Phi) is 3.23. The van der Waals surface area contributed by atoms with Crippen molar-refractivity contribution in [3.8, 4) is 5.75 Å². The Balaban J connectivity index is 2.19. The summed E-state index contributed by atoms with van der Waals surface area (Å²) in [4.78, 5) is 23.8. The van der Waals surface area contributed by atoms with Gasteiger partial charge in [0.15, 0.2) is 0 Å². The number of aromatic hydroxyl groups is 1. The Morgan fingerprint density at radius 2 is 1.67 bits per heavy atom. The fraction of sp³-hybridized carbons (Fsp3) is 0.385. The number of carbonyl (C=O) groups excluding carboxylic acids is 2. The summed E-state index contributed by atoms with van der Waals surface area (Å²) < 4.78 is 0. The van der Waals surface area contributed by atoms with Gasteiger partial charge in [-0.1, -0.05) is 26.0 Å². The van der Waals surface area contributed by atoms with E-state index in [2.05, 4.69) is 10.6 Å². The molecule has 1 aromatic carbocycles. The quantitative estimate of drug-likeness (QED) is 0.721. The molecule has 3 N–H and O–H groups in total. The molecule has 5 nitrogen and oxygen atoms in total. The van der Waals surface area contributed by atoms with Crippen LogP contribution in [0.25, 0.3) is 0 Å². The van der Waals surface area contributed by atoms with Gasteiger partial charge in [0.05, 0.1) is 0 Å². The van der Waals surface area contributed by atoms with E-state index in [-0.39, 0.29) is 23.5 Å². The van der Waals surface area contributed by atoms with E-state index in [1.54, 1.807) is 12.1 Å². The second-order valence-corrected chi connectivity index (χ2v) is 4.76. The SMILES string of the molecule is CC(C)C1NC(=O)C(c2ccc(O)cc2)NC1=O. The molecule has 18 heavy (non-hydrogen) atoms. The van der Waals surface area contributed by atoms with Crippen molar-refractivity contribution in [3.05, 3.63) is 29.8 Å². The van der Waals surface area contributed by atoms with E-state index in [0.29, 0.717) is 5.56 Å². The third-order valence-electron chi connectivity index (χ3n) is 3.02. The molecular formula is C13H16N2O3. The van der Waals surface area contributed by atoms with E-state index in [9.17, 15) is 14.7 Å². The third kappa shape index (κ3) is 2.30. The first kappa shape index (κ1) is 12.4. The molecule has 0 radical (unpaired) electrons. The lowest BCUT2D eigenvalue weighted by atomic mass is 9.97. The number of carbonyl (C=O) groups is 2. The van der Waals surface area contributed by atoms with Gasteiger partial charge in [-0.05, 0) is 23.6 Å². The van der Waals surface area contributed by atoms with Crippen LogP contribution in [-0.2, 0) is 9.59 Å². The van der Waals surface area contributed by atoms with Crippen LogP contribution in [0.1, 0.15) is 25.5 Å². The van der Waals surface area contributed by atoms with Gasteiger partial charge in [-0.3, -0.25) is 9.59 Å². The standard InChI is InChI=1S/C13H16N2O3/c1-7(2)10-12(17)15-11(13(18)14-10)8-3-5-9(16)6-4-8/h3-7,10-11,16H,1-2H3,(H,14,18)(H,15,17). The number of piperazine rings is 1. The first-order valence-electron chi connectivity index (χ1n) is 5.88. The molecule has 0 spiro atoms. The molecule has 0 aromatic heterocycles. The van der Waals surface area contributed by atoms with E-state index in [4.69, 9.17) is 0 Å². The summed E-state index contributed by atoms with van der Waals surface area (Å²) in [5.41, 5.74) is 0.654. The smallest absolute Gasteiger partial charge is 0.247 e. The lowest BCUT2D eigenvalue weighted by molar-refractivity contribution is -0.138. The molecule has 5 heteroatoms. The topological polar surface area (TPSA) is 78.4 Å². The second kappa shape index (κ2) is 4.68. The summed E-state index contributed by atoms with van der Waals surface area (Å²) in [6.07, 6.45) is 0. The molecule has 0 aliphatic carbocycles. The Labute approximate surface area is 105 Å². The van der Waals surface area contributed by atoms with Crippen LogP contribution in [0.4, 0.5) is 0 Å². The predicted octanol–water partition coefficient (Wildman–Crippen LogP) is 0.704. The minimum atomic E-state index is -0.687. The van der Waals surface area contributed by atoms with Gasteiger partial charge in [0.2, 0.25) is 11.8 Å². The summed E-state index contributed by atoms with van der Waals surface area (Å²) in [6.45, 7) is 3.76. The minimum Gasteiger partial charge on any atom is -0.508 e. The van der Waals surface area contributed by atoms with Crippen molar-refractivity contribution in [1.29, 1.82) is 0 Å². The first-order chi connectivity index (χ1) is 8.49. The lowest BCUT2D eigenvalue weighted by Crippen LogP contribution is -2.59. The number of phenolic OH excluding ortho intramolecular Hbond substituents is 1. The number of hydrogen-bond acceptors (Lipinski definition) is 3. The van der Waals surface area contributed by atoms with E-state index >= 15 is 0 Å². The van der Waals surface area contributed by atoms with Crippen LogP contribution in [0.2, 0.25) is 0 Å². The number of rotatable bonds is 2. The van der Waals surface area contributed by atoms with Gasteiger partial charge in [0.25, 0.3) is 0 Å². The molecular weight excluding hydrogens is 232 g/mol. The van der Waals surface area contributed by atoms with E-state index < -0.39 is 12.1 Å². The fourth-order valence-corrected chi connectivity index (χ4v) is 1.97. The maximum atomic E-state index is 12.0. The van der Waals surface area contributed by atoms with Gasteiger partial charge in [-0.15, -0.1) is 0 Å². The molecule has 0 bridgehead atoms. The molecule has 1 aromatic rings. The van der Waals surface area contributed by atoms with Gasteiger partial charge >= 0.3 is 0 Å². The van der Waals surface area contributed by atoms with Gasteiger partial charge in [0, 0.05) is 0 Å². The van der Waals surface area contributed by atoms with Crippen LogP contribution in [-0.4, -0.2) is 23.0 Å². The number of nitrogens with one attached hydrogen (secondary N) is 2. The summed E-state index contributed by atoms with van der Waals surface area (Å²) in [7, 11) is 0. The van der Waals surface area contributed by atoms with Crippen molar-refractivity contribution in [1.82, 2.24) is 10.6 Å². The van der Waals surface area contributed by atoms with Gasteiger partial charge in [-0.25, -0.2) is 0 Å². The normalized spacial score (nSPS) is 23.7. The van der Waals surface area contributed by atoms with Crippen molar-refractivity contribution in [3.63, 3.8) is 0 Å². The molecule has 2 rings (SSSR count). The zero-order chi connectivity index (χ0) is 13.3. The lowest BCUT2D eigenvalue weighted by Gasteiger charge is -2.31. The fourth-order valence-electron chi connectivity index (χ4n) is 1.97. The van der Waals surface area contributed by atoms with E-state index in [0.717, 1.165) is 0 Å². The summed E-state index contributed by atoms with van der Waals surface area (Å²) in [5.74, 6) is -0.224. The van der Waals surface area contributed by atoms with E-state index in [1.165, 1.54) is 12.1 Å². The van der Waals surface area contributed by atoms with E-state index in [1.807, 2.05) is 13.8 Å². The average Bonchev–Trinajstić information content (AvgIpc) is 2.32. The zero-order valence-electron chi connectivity index (χ0n) is 10.3. The molecule has 2 amide bonds. The highest BCUT2D eigenvalue weighted by Gasteiger charge is 2.35. The summed E-state index contributed by atoms with van der Waals surface area (Å²) in [6, 6.07) is 5.05. The third-order valence-corrected chi connectivity index (χ3v) is 3.02. The van der Waals surface area contributed by atoms with Crippen molar-refractivity contribution >= 4 is 11.8 Å². The van der Waals surface area contributed by atoms with Crippen molar-refractivity contribution in [2.45, 2.75) is 25.9 Å². The van der Waals surface area contributed by atoms with Gasteiger partial charge in [-0.2, -0.15) is 0 Å². The highest BCUT2D eigenvalue weighted by Crippen LogP contribution is 2.20. The number of hydrogen-bond donors (Lipinski definition) is 3. The molecule has 2 unspecified atom stereocenters. The second-order valence-electron chi connectivity index (χ2n) is 4.76. The van der Waals surface area contributed by atoms with Crippen LogP contribution in [0.3, 0.4) is 0 Å². The zero-order valence-corrected chi connectivity index (χ0v) is 10.3. The summed E-state index contributed by atoms with van der Waals surface area (Å²) >= 11 is 0. The number of benzene rings is 1. The maximum absolute atomic E-state index is 12.0. The Hall–Kier alpha value is -2.04. The van der Waals surface area contributed by atoms with Crippen molar-refractivity contribution < 1.29 is 14.7 Å². The molecule has 96 valence electrons. The number of phenols is 1. The average molecular weight is 248 g/mol. The molecule has 1 saturated heterocycles. The van der Waals surface area contributed by atoms with Crippen LogP contribution in [0, 0.1) is 5.92 Å². The van der Waals surface area contributed by atoms with Crippen LogP contribution >= 0.6 is 0 Å². The Bertz CT molecular complexity index is 468. The predicted molar refractivity (Wildman–Crippen MR) is 65.8 cm³/mol. The highest BCUT2D eigenvalue weighted by atomic mass is 16.3. The van der Waals surface area contributed by atoms with Crippen LogP contribution in [0.5, 0.6) is 5.75 Å². The molecule has 0 saturated carbocycles. The van der Waals surface area contributed by atoms with Crippen molar-refractivity contribution in [2.24, 2.45) is 5.92 Å². The molecule has 1 aliphatic rings. The Morgan fingerprint density at radius 3 is 2.22 bits per heavy atom. The first-order valence-corrected chi connectivity index (χ1v) is 5.88. The molecule has 1 fully saturated rings. The van der Waals surface area contributed by atoms with Gasteiger partial charge < -0.3 is 15.7 Å². The van der Waals surface area contributed by atoms with Crippen molar-refractivity contribution in [2.75, 3.05) is 0 Å². The largest absolute Gasteiger partial charge is 0.508 e. The summed E-state index contributed by atoms with van der Waals surface area (Å²) in [5, 5.41) is 14.6. The maximum Gasteiger partial charge on any atom is 0.247 e. The van der Waals surface area contributed by atoms with Crippen LogP contribution in [0.15, 0.2) is 24.3 Å². The monoisotopic (exact) mass is 248 g/mol. The highest BCUT2D eigenvalue weighted by molar-refractivity contribution is 5.97. The molecule has 1 aliphatic heterocycles.